The van der Waals surface area contributed by atoms with Crippen LogP contribution < -0.4 is 4.72 Å². The lowest BCUT2D eigenvalue weighted by molar-refractivity contribution is -0.289. The third-order valence-corrected chi connectivity index (χ3v) is 12.7. The van der Waals surface area contributed by atoms with Crippen molar-refractivity contribution < 1.29 is 42.2 Å². The lowest BCUT2D eigenvalue weighted by atomic mass is 9.83. The third kappa shape index (κ3) is 11.1. The Morgan fingerprint density at radius 2 is 1.07 bits per heavy atom. The molecule has 2 heterocycles. The van der Waals surface area contributed by atoms with E-state index in [4.69, 9.17) is 33.2 Å². The van der Waals surface area contributed by atoms with Crippen molar-refractivity contribution >= 4 is 17.0 Å². The minimum absolute atomic E-state index is 0.109. The van der Waals surface area contributed by atoms with Crippen molar-refractivity contribution in [2.45, 2.75) is 135 Å². The summed E-state index contributed by atoms with van der Waals surface area (Å²) in [6, 6.07) is 38.5. The molecule has 6 rings (SSSR count). The maximum atomic E-state index is 14.4. The number of cyclic esters (lactones) is 1. The molecule has 0 bridgehead atoms. The van der Waals surface area contributed by atoms with Crippen molar-refractivity contribution in [2.75, 3.05) is 6.61 Å². The fraction of sp³-hybridized carbons (Fsp3) is 0.479. The van der Waals surface area contributed by atoms with Crippen molar-refractivity contribution in [3.63, 3.8) is 0 Å². The summed E-state index contributed by atoms with van der Waals surface area (Å²) in [6.07, 6.45) is -4.15. The predicted molar refractivity (Wildman–Crippen MR) is 228 cm³/mol. The summed E-state index contributed by atoms with van der Waals surface area (Å²) in [4.78, 5) is 14.4. The van der Waals surface area contributed by atoms with E-state index in [0.29, 0.717) is 6.61 Å². The zero-order valence-electron chi connectivity index (χ0n) is 35.6. The topological polar surface area (TPSA) is 111 Å². The van der Waals surface area contributed by atoms with Gasteiger partial charge in [-0.05, 0) is 49.9 Å². The molecule has 1 N–H and O–H groups in total. The van der Waals surface area contributed by atoms with Crippen LogP contribution in [0.5, 0.6) is 0 Å². The van der Waals surface area contributed by atoms with E-state index in [1.807, 2.05) is 163 Å². The highest BCUT2D eigenvalue weighted by Gasteiger charge is 2.65. The molecular formula is C48H61NO9S. The Morgan fingerprint density at radius 3 is 1.49 bits per heavy atom. The van der Waals surface area contributed by atoms with Crippen molar-refractivity contribution in [2.24, 2.45) is 5.41 Å². The molecule has 2 aliphatic heterocycles. The first kappa shape index (κ1) is 44.8. The standard InChI is InChI=1S/C48H61NO9S/c1-45(2,3)48(8)57-44(50)47(7,58-48)43(49-59(51)46(4,5)6)42-41(55-32-37-27-19-12-20-28-37)40(54-31-36-25-17-11-18-26-36)39(53-30-35-23-15-10-16-24-35)38(56-42)33-52-29-34-21-13-9-14-22-34/h9-28,38-43,49H,29-33H2,1-8H3/t38-,39+,40+,41-,42-,43-,47-,48-,59+/m1/s1. The fourth-order valence-electron chi connectivity index (χ4n) is 7.12. The van der Waals surface area contributed by atoms with Gasteiger partial charge >= 0.3 is 5.97 Å². The zero-order chi connectivity index (χ0) is 42.3. The third-order valence-electron chi connectivity index (χ3n) is 11.1. The van der Waals surface area contributed by atoms with Crippen LogP contribution in [0.15, 0.2) is 121 Å². The Bertz CT molecular complexity index is 1940. The highest BCUT2D eigenvalue weighted by molar-refractivity contribution is 7.84. The molecule has 4 aromatic rings. The van der Waals surface area contributed by atoms with Gasteiger partial charge in [0.25, 0.3) is 0 Å². The Labute approximate surface area is 352 Å². The van der Waals surface area contributed by atoms with Gasteiger partial charge in [-0.3, -0.25) is 0 Å². The smallest absolute Gasteiger partial charge is 0.342 e. The zero-order valence-corrected chi connectivity index (χ0v) is 36.4. The maximum absolute atomic E-state index is 14.4. The number of hydrogen-bond acceptors (Lipinski definition) is 9. The maximum Gasteiger partial charge on any atom is 0.342 e. The summed E-state index contributed by atoms with van der Waals surface area (Å²) in [6.45, 7) is 16.0. The molecule has 0 aliphatic carbocycles. The number of carbonyl (C=O) groups is 1. The summed E-state index contributed by atoms with van der Waals surface area (Å²) in [5, 5.41) is 0. The number of benzene rings is 4. The molecule has 2 fully saturated rings. The molecule has 0 radical (unpaired) electrons. The van der Waals surface area contributed by atoms with E-state index in [0.717, 1.165) is 22.3 Å². The summed E-state index contributed by atoms with van der Waals surface area (Å²) in [7, 11) is -1.71. The Balaban J connectivity index is 1.48. The van der Waals surface area contributed by atoms with Gasteiger partial charge < -0.3 is 33.2 Å². The first-order valence-corrected chi connectivity index (χ1v) is 21.6. The van der Waals surface area contributed by atoms with Crippen molar-refractivity contribution in [3.05, 3.63) is 144 Å². The molecule has 4 aromatic carbocycles. The first-order valence-electron chi connectivity index (χ1n) is 20.4. The van der Waals surface area contributed by atoms with Crippen LogP contribution in [0.3, 0.4) is 0 Å². The van der Waals surface area contributed by atoms with Gasteiger partial charge in [-0.15, -0.1) is 0 Å². The van der Waals surface area contributed by atoms with E-state index in [1.165, 1.54) is 0 Å². The van der Waals surface area contributed by atoms with E-state index < -0.39 is 75.1 Å². The predicted octanol–water partition coefficient (Wildman–Crippen LogP) is 8.24. The average molecular weight is 828 g/mol. The molecule has 0 unspecified atom stereocenters. The molecule has 0 saturated carbocycles. The number of ether oxygens (including phenoxy) is 7. The van der Waals surface area contributed by atoms with Gasteiger partial charge in [-0.25, -0.2) is 13.7 Å². The molecule has 11 heteroatoms. The molecule has 59 heavy (non-hydrogen) atoms. The van der Waals surface area contributed by atoms with E-state index in [1.54, 1.807) is 13.8 Å². The van der Waals surface area contributed by atoms with Gasteiger partial charge in [0.1, 0.15) is 30.5 Å². The second-order valence-electron chi connectivity index (χ2n) is 17.7. The summed E-state index contributed by atoms with van der Waals surface area (Å²) >= 11 is 0. The number of carbonyl (C=O) groups excluding carboxylic acids is 1. The van der Waals surface area contributed by atoms with Crippen LogP contribution in [0.25, 0.3) is 0 Å². The van der Waals surface area contributed by atoms with Crippen molar-refractivity contribution in [3.8, 4) is 0 Å². The van der Waals surface area contributed by atoms with Gasteiger partial charge in [0.2, 0.25) is 5.79 Å². The van der Waals surface area contributed by atoms with Crippen LogP contribution in [-0.4, -0.2) is 69.5 Å². The molecule has 2 saturated heterocycles. The summed E-state index contributed by atoms with van der Waals surface area (Å²) in [5.74, 6) is -1.93. The van der Waals surface area contributed by atoms with Gasteiger partial charge in [0, 0.05) is 12.3 Å². The Kier molecular flexibility index (Phi) is 14.6. The molecule has 2 aliphatic rings. The molecule has 0 aromatic heterocycles. The van der Waals surface area contributed by atoms with Gasteiger partial charge in [-0.1, -0.05) is 142 Å². The van der Waals surface area contributed by atoms with Crippen LogP contribution in [0, 0.1) is 5.41 Å². The summed E-state index contributed by atoms with van der Waals surface area (Å²) in [5.41, 5.74) is 1.54. The molecule has 10 nitrogen and oxygen atoms in total. The lowest BCUT2D eigenvalue weighted by Crippen LogP contribution is -2.71. The van der Waals surface area contributed by atoms with Crippen molar-refractivity contribution in [1.82, 2.24) is 4.72 Å². The Hall–Kier alpha value is -3.78. The quantitative estimate of drug-likeness (QED) is 0.105. The molecule has 0 amide bonds. The van der Waals surface area contributed by atoms with E-state index in [-0.39, 0.29) is 26.4 Å². The number of esters is 1. The largest absolute Gasteiger partial charge is 0.431 e. The first-order chi connectivity index (χ1) is 28.1. The molecule has 0 spiro atoms. The van der Waals surface area contributed by atoms with Crippen LogP contribution in [0.2, 0.25) is 0 Å². The van der Waals surface area contributed by atoms with Gasteiger partial charge in [-0.2, -0.15) is 0 Å². The monoisotopic (exact) mass is 827 g/mol. The SMILES string of the molecule is CC(C)(C)[S@](=O)N[C@H]([C@@H]1O[C@H](COCc2ccccc2)[C@H](OCc2ccccc2)[C@H](OCc2ccccc2)[C@H]1OCc1ccccc1)[C@@]1(C)O[C@](C)(C(C)(C)C)OC1=O. The van der Waals surface area contributed by atoms with Crippen LogP contribution in [0.4, 0.5) is 0 Å². The highest BCUT2D eigenvalue weighted by Crippen LogP contribution is 2.47. The number of hydrogen-bond donors (Lipinski definition) is 1. The number of rotatable bonds is 17. The average Bonchev–Trinajstić information content (AvgIpc) is 3.47. The second-order valence-corrected chi connectivity index (χ2v) is 19.7. The fourth-order valence-corrected chi connectivity index (χ4v) is 8.06. The molecular weight excluding hydrogens is 767 g/mol. The van der Waals surface area contributed by atoms with E-state index in [9.17, 15) is 9.00 Å². The van der Waals surface area contributed by atoms with Gasteiger partial charge in [0.05, 0.1) is 54.8 Å². The van der Waals surface area contributed by atoms with E-state index >= 15 is 0 Å². The molecule has 9 atom stereocenters. The van der Waals surface area contributed by atoms with E-state index in [2.05, 4.69) is 4.72 Å². The van der Waals surface area contributed by atoms with Crippen LogP contribution in [0.1, 0.15) is 77.6 Å². The van der Waals surface area contributed by atoms with Gasteiger partial charge in [0.15, 0.2) is 5.60 Å². The normalized spacial score (nSPS) is 27.3. The number of nitrogens with one attached hydrogen (secondary N) is 1. The summed E-state index contributed by atoms with van der Waals surface area (Å²) < 4.78 is 64.3. The molecule has 318 valence electrons. The minimum atomic E-state index is -1.71. The van der Waals surface area contributed by atoms with Crippen LogP contribution in [-0.2, 0) is 75.4 Å². The lowest BCUT2D eigenvalue weighted by Gasteiger charge is -2.50. The minimum Gasteiger partial charge on any atom is -0.431 e. The van der Waals surface area contributed by atoms with Crippen LogP contribution >= 0.6 is 0 Å². The van der Waals surface area contributed by atoms with Crippen molar-refractivity contribution in [1.29, 1.82) is 0 Å². The Morgan fingerprint density at radius 1 is 0.644 bits per heavy atom. The second kappa shape index (κ2) is 19.3. The highest BCUT2D eigenvalue weighted by atomic mass is 32.2.